The highest BCUT2D eigenvalue weighted by Crippen LogP contribution is 2.38. The molecule has 1 aromatic heterocycles. The molecule has 1 heterocycles. The lowest BCUT2D eigenvalue weighted by molar-refractivity contribution is 0.723. The van der Waals surface area contributed by atoms with Gasteiger partial charge in [-0.05, 0) is 48.1 Å². The highest BCUT2D eigenvalue weighted by Gasteiger charge is 2.20. The van der Waals surface area contributed by atoms with Crippen molar-refractivity contribution < 1.29 is 0 Å². The normalized spacial score (nSPS) is 16.9. The summed E-state index contributed by atoms with van der Waals surface area (Å²) in [6.07, 6.45) is 5.66. The van der Waals surface area contributed by atoms with Crippen LogP contribution >= 0.6 is 15.9 Å². The van der Waals surface area contributed by atoms with Gasteiger partial charge in [-0.15, -0.1) is 0 Å². The molecule has 2 atom stereocenters. The van der Waals surface area contributed by atoms with Crippen LogP contribution in [0.15, 0.2) is 42.6 Å². The van der Waals surface area contributed by atoms with Crippen LogP contribution in [0.25, 0.3) is 0 Å². The van der Waals surface area contributed by atoms with Crippen LogP contribution in [0.1, 0.15) is 46.5 Å². The van der Waals surface area contributed by atoms with Crippen LogP contribution in [0.3, 0.4) is 0 Å². The quantitative estimate of drug-likeness (QED) is 0.741. The molecular formula is C17H18BrN. The van der Waals surface area contributed by atoms with E-state index in [4.69, 9.17) is 0 Å². The van der Waals surface area contributed by atoms with E-state index in [2.05, 4.69) is 58.2 Å². The van der Waals surface area contributed by atoms with Crippen molar-refractivity contribution in [3.05, 3.63) is 65.0 Å². The molecule has 0 amide bonds. The Balaban J connectivity index is 1.86. The Labute approximate surface area is 123 Å². The molecule has 0 spiro atoms. The monoisotopic (exact) mass is 315 g/mol. The van der Waals surface area contributed by atoms with Gasteiger partial charge in [0.1, 0.15) is 0 Å². The zero-order valence-electron chi connectivity index (χ0n) is 11.1. The lowest BCUT2D eigenvalue weighted by Crippen LogP contribution is -2.04. The molecule has 98 valence electrons. The van der Waals surface area contributed by atoms with Crippen molar-refractivity contribution in [2.75, 3.05) is 0 Å². The Bertz CT molecular complexity index is 565. The summed E-state index contributed by atoms with van der Waals surface area (Å²) in [5, 5.41) is 0. The Morgan fingerprint density at radius 3 is 2.74 bits per heavy atom. The number of halogens is 1. The van der Waals surface area contributed by atoms with E-state index in [0.29, 0.717) is 10.7 Å². The van der Waals surface area contributed by atoms with Crippen molar-refractivity contribution >= 4 is 15.9 Å². The van der Waals surface area contributed by atoms with Gasteiger partial charge < -0.3 is 0 Å². The third-order valence-electron chi connectivity index (χ3n) is 4.03. The molecule has 0 radical (unpaired) electrons. The molecule has 0 saturated heterocycles. The summed E-state index contributed by atoms with van der Waals surface area (Å²) in [5.41, 5.74) is 5.59. The van der Waals surface area contributed by atoms with E-state index in [0.717, 1.165) is 5.69 Å². The van der Waals surface area contributed by atoms with Crippen molar-refractivity contribution in [3.8, 4) is 0 Å². The third-order valence-corrected chi connectivity index (χ3v) is 5.36. The maximum absolute atomic E-state index is 4.47. The fourth-order valence-corrected chi connectivity index (χ4v) is 3.40. The maximum Gasteiger partial charge on any atom is 0.0476 e. The molecule has 0 saturated carbocycles. The lowest BCUT2D eigenvalue weighted by atomic mass is 9.95. The van der Waals surface area contributed by atoms with Crippen LogP contribution in [0, 0.1) is 0 Å². The number of aromatic nitrogens is 1. The van der Waals surface area contributed by atoms with E-state index in [9.17, 15) is 0 Å². The van der Waals surface area contributed by atoms with Crippen LogP contribution in [-0.4, -0.2) is 4.98 Å². The molecule has 1 nitrogen and oxygen atoms in total. The van der Waals surface area contributed by atoms with Gasteiger partial charge >= 0.3 is 0 Å². The summed E-state index contributed by atoms with van der Waals surface area (Å²) >= 11 is 3.86. The van der Waals surface area contributed by atoms with E-state index >= 15 is 0 Å². The van der Waals surface area contributed by atoms with Gasteiger partial charge in [0, 0.05) is 22.6 Å². The lowest BCUT2D eigenvalue weighted by Gasteiger charge is -2.19. The molecule has 1 aliphatic rings. The van der Waals surface area contributed by atoms with Gasteiger partial charge in [-0.25, -0.2) is 0 Å². The smallest absolute Gasteiger partial charge is 0.0476 e. The predicted octanol–water partition coefficient (Wildman–Crippen LogP) is 4.81. The van der Waals surface area contributed by atoms with Gasteiger partial charge in [-0.3, -0.25) is 4.98 Å². The number of hydrogen-bond acceptors (Lipinski definition) is 1. The Hall–Kier alpha value is -1.15. The Kier molecular flexibility index (Phi) is 3.69. The number of pyridine rings is 1. The minimum Gasteiger partial charge on any atom is -0.261 e. The van der Waals surface area contributed by atoms with Crippen LogP contribution in [0.5, 0.6) is 0 Å². The molecule has 0 fully saturated rings. The van der Waals surface area contributed by atoms with Crippen molar-refractivity contribution in [2.24, 2.45) is 0 Å². The molecular weight excluding hydrogens is 298 g/mol. The van der Waals surface area contributed by atoms with Crippen molar-refractivity contribution in [3.63, 3.8) is 0 Å². The van der Waals surface area contributed by atoms with Crippen molar-refractivity contribution in [1.29, 1.82) is 0 Å². The summed E-state index contributed by atoms with van der Waals surface area (Å²) in [5.74, 6) is 0.376. The van der Waals surface area contributed by atoms with Gasteiger partial charge in [-0.1, -0.05) is 47.1 Å². The van der Waals surface area contributed by atoms with Gasteiger partial charge in [0.05, 0.1) is 0 Å². The number of aryl methyl sites for hydroxylation is 2. The molecule has 1 aromatic carbocycles. The van der Waals surface area contributed by atoms with Crippen LogP contribution in [0.4, 0.5) is 0 Å². The first-order chi connectivity index (χ1) is 9.25. The fraction of sp³-hybridized carbons (Fsp3) is 0.353. The van der Waals surface area contributed by atoms with E-state index in [1.54, 1.807) is 0 Å². The first kappa shape index (κ1) is 12.9. The van der Waals surface area contributed by atoms with E-state index in [1.807, 2.05) is 12.3 Å². The molecule has 2 unspecified atom stereocenters. The average Bonchev–Trinajstić information content (AvgIpc) is 2.94. The van der Waals surface area contributed by atoms with Crippen LogP contribution in [-0.2, 0) is 12.8 Å². The van der Waals surface area contributed by atoms with Crippen molar-refractivity contribution in [1.82, 2.24) is 4.98 Å². The van der Waals surface area contributed by atoms with E-state index in [-0.39, 0.29) is 0 Å². The second kappa shape index (κ2) is 5.46. The zero-order valence-corrected chi connectivity index (χ0v) is 12.7. The highest BCUT2D eigenvalue weighted by atomic mass is 79.9. The van der Waals surface area contributed by atoms with Gasteiger partial charge in [0.2, 0.25) is 0 Å². The number of benzene rings is 1. The Morgan fingerprint density at radius 2 is 1.95 bits per heavy atom. The largest absolute Gasteiger partial charge is 0.261 e. The van der Waals surface area contributed by atoms with Crippen LogP contribution < -0.4 is 0 Å². The number of fused-ring (bicyclic) bond motifs is 1. The molecule has 0 N–H and O–H groups in total. The predicted molar refractivity (Wildman–Crippen MR) is 82.8 cm³/mol. The SMILES string of the molecule is CC(c1ccccn1)C(Br)c1ccc2c(c1)CCC2. The molecule has 19 heavy (non-hydrogen) atoms. The Morgan fingerprint density at radius 1 is 1.11 bits per heavy atom. The molecule has 2 aromatic rings. The average molecular weight is 316 g/mol. The number of rotatable bonds is 3. The molecule has 3 rings (SSSR count). The molecule has 0 bridgehead atoms. The summed E-state index contributed by atoms with van der Waals surface area (Å²) in [7, 11) is 0. The van der Waals surface area contributed by atoms with Gasteiger partial charge in [0.15, 0.2) is 0 Å². The summed E-state index contributed by atoms with van der Waals surface area (Å²) in [6, 6.07) is 13.1. The fourth-order valence-electron chi connectivity index (χ4n) is 2.85. The number of nitrogens with zero attached hydrogens (tertiary/aromatic N) is 1. The number of hydrogen-bond donors (Lipinski definition) is 0. The summed E-state index contributed by atoms with van der Waals surface area (Å²) in [6.45, 7) is 2.23. The van der Waals surface area contributed by atoms with E-state index < -0.39 is 0 Å². The molecule has 1 aliphatic carbocycles. The third kappa shape index (κ3) is 2.59. The topological polar surface area (TPSA) is 12.9 Å². The van der Waals surface area contributed by atoms with Crippen LogP contribution in [0.2, 0.25) is 0 Å². The second-order valence-electron chi connectivity index (χ2n) is 5.33. The van der Waals surface area contributed by atoms with E-state index in [1.165, 1.54) is 36.0 Å². The molecule has 0 aliphatic heterocycles. The van der Waals surface area contributed by atoms with Crippen molar-refractivity contribution in [2.45, 2.75) is 36.9 Å². The highest BCUT2D eigenvalue weighted by molar-refractivity contribution is 9.09. The number of alkyl halides is 1. The second-order valence-corrected chi connectivity index (χ2v) is 6.31. The first-order valence-corrected chi connectivity index (χ1v) is 7.84. The first-order valence-electron chi connectivity index (χ1n) is 6.92. The van der Waals surface area contributed by atoms with Gasteiger partial charge in [-0.2, -0.15) is 0 Å². The summed E-state index contributed by atoms with van der Waals surface area (Å²) < 4.78 is 0. The standard InChI is InChI=1S/C17H18BrN/c1-12(16-7-2-3-10-19-16)17(18)15-9-8-13-5-4-6-14(13)11-15/h2-3,7-12,17H,4-6H2,1H3. The minimum absolute atomic E-state index is 0.327. The van der Waals surface area contributed by atoms with Gasteiger partial charge in [0.25, 0.3) is 0 Å². The maximum atomic E-state index is 4.47. The zero-order chi connectivity index (χ0) is 13.2. The molecule has 2 heteroatoms. The summed E-state index contributed by atoms with van der Waals surface area (Å²) in [4.78, 5) is 4.79. The minimum atomic E-state index is 0.327.